The standard InChI is InChI=1S/C15H30N2O2/c1-11(17-8-12(2)19-13(3)9-17)7-15(4,10-18)16-14-5-6-14/h11-14,16,18H,5-10H2,1-4H3/t11?,12-,13+,15?. The summed E-state index contributed by atoms with van der Waals surface area (Å²) in [6, 6.07) is 1.10. The van der Waals surface area contributed by atoms with Gasteiger partial charge in [0.1, 0.15) is 0 Å². The fraction of sp³-hybridized carbons (Fsp3) is 1.00. The number of morpholine rings is 1. The van der Waals surface area contributed by atoms with Gasteiger partial charge in [0.15, 0.2) is 0 Å². The van der Waals surface area contributed by atoms with Gasteiger partial charge in [-0.25, -0.2) is 0 Å². The summed E-state index contributed by atoms with van der Waals surface area (Å²) >= 11 is 0. The highest BCUT2D eigenvalue weighted by Crippen LogP contribution is 2.26. The first kappa shape index (κ1) is 15.2. The predicted octanol–water partition coefficient (Wildman–Crippen LogP) is 1.38. The third kappa shape index (κ3) is 4.42. The Labute approximate surface area is 117 Å². The van der Waals surface area contributed by atoms with Crippen LogP contribution in [0, 0.1) is 0 Å². The van der Waals surface area contributed by atoms with Gasteiger partial charge in [-0.05, 0) is 47.0 Å². The molecule has 2 N–H and O–H groups in total. The predicted molar refractivity (Wildman–Crippen MR) is 77.3 cm³/mol. The summed E-state index contributed by atoms with van der Waals surface area (Å²) < 4.78 is 5.79. The van der Waals surface area contributed by atoms with Crippen LogP contribution in [0.15, 0.2) is 0 Å². The van der Waals surface area contributed by atoms with E-state index in [4.69, 9.17) is 4.74 Å². The average Bonchev–Trinajstić information content (AvgIpc) is 3.11. The van der Waals surface area contributed by atoms with E-state index >= 15 is 0 Å². The zero-order valence-electron chi connectivity index (χ0n) is 12.9. The molecule has 0 aromatic heterocycles. The van der Waals surface area contributed by atoms with Crippen LogP contribution < -0.4 is 5.32 Å². The zero-order valence-corrected chi connectivity index (χ0v) is 12.9. The van der Waals surface area contributed by atoms with E-state index in [2.05, 4.69) is 37.9 Å². The van der Waals surface area contributed by atoms with Crippen molar-refractivity contribution in [2.75, 3.05) is 19.7 Å². The Hall–Kier alpha value is -0.160. The van der Waals surface area contributed by atoms with Crippen LogP contribution in [0.3, 0.4) is 0 Å². The van der Waals surface area contributed by atoms with Gasteiger partial charge in [0.05, 0.1) is 18.8 Å². The van der Waals surface area contributed by atoms with Crippen molar-refractivity contribution < 1.29 is 9.84 Å². The van der Waals surface area contributed by atoms with Crippen LogP contribution in [0.4, 0.5) is 0 Å². The van der Waals surface area contributed by atoms with Crippen molar-refractivity contribution in [1.82, 2.24) is 10.2 Å². The van der Waals surface area contributed by atoms with Crippen LogP contribution in [0.25, 0.3) is 0 Å². The molecule has 4 heteroatoms. The number of aliphatic hydroxyl groups excluding tert-OH is 1. The molecule has 0 bridgehead atoms. The second kappa shape index (κ2) is 6.08. The SMILES string of the molecule is CC(CC(C)(CO)NC1CC1)N1C[C@@H](C)O[C@@H](C)C1. The van der Waals surface area contributed by atoms with Crippen molar-refractivity contribution in [1.29, 1.82) is 0 Å². The second-order valence-electron chi connectivity index (χ2n) is 6.90. The number of hydrogen-bond donors (Lipinski definition) is 2. The first-order valence-electron chi connectivity index (χ1n) is 7.70. The quantitative estimate of drug-likeness (QED) is 0.765. The van der Waals surface area contributed by atoms with E-state index in [1.165, 1.54) is 12.8 Å². The highest BCUT2D eigenvalue weighted by atomic mass is 16.5. The smallest absolute Gasteiger partial charge is 0.0678 e. The monoisotopic (exact) mass is 270 g/mol. The molecule has 0 radical (unpaired) electrons. The van der Waals surface area contributed by atoms with E-state index in [1.807, 2.05) is 0 Å². The molecule has 1 saturated heterocycles. The molecule has 0 aromatic carbocycles. The summed E-state index contributed by atoms with van der Waals surface area (Å²) in [5, 5.41) is 13.3. The summed E-state index contributed by atoms with van der Waals surface area (Å²) in [4.78, 5) is 2.50. The molecule has 1 aliphatic carbocycles. The summed E-state index contributed by atoms with van der Waals surface area (Å²) in [5.74, 6) is 0. The highest BCUT2D eigenvalue weighted by molar-refractivity contribution is 4.95. The van der Waals surface area contributed by atoms with Gasteiger partial charge in [0.2, 0.25) is 0 Å². The molecule has 2 aliphatic rings. The first-order valence-corrected chi connectivity index (χ1v) is 7.70. The number of rotatable bonds is 6. The fourth-order valence-electron chi connectivity index (χ4n) is 3.25. The molecule has 0 amide bonds. The number of ether oxygens (including phenoxy) is 1. The maximum atomic E-state index is 9.71. The average molecular weight is 270 g/mol. The van der Waals surface area contributed by atoms with Crippen molar-refractivity contribution in [3.05, 3.63) is 0 Å². The van der Waals surface area contributed by atoms with Crippen molar-refractivity contribution in [3.63, 3.8) is 0 Å². The van der Waals surface area contributed by atoms with Gasteiger partial charge >= 0.3 is 0 Å². The topological polar surface area (TPSA) is 44.7 Å². The molecular formula is C15H30N2O2. The Kier molecular flexibility index (Phi) is 4.88. The molecule has 4 nitrogen and oxygen atoms in total. The number of nitrogens with zero attached hydrogens (tertiary/aromatic N) is 1. The summed E-state index contributed by atoms with van der Waals surface area (Å²) in [6.07, 6.45) is 4.12. The van der Waals surface area contributed by atoms with Crippen LogP contribution in [0.5, 0.6) is 0 Å². The minimum atomic E-state index is -0.147. The van der Waals surface area contributed by atoms with Crippen LogP contribution in [-0.4, -0.2) is 59.5 Å². The van der Waals surface area contributed by atoms with Gasteiger partial charge in [0, 0.05) is 30.7 Å². The maximum absolute atomic E-state index is 9.71. The lowest BCUT2D eigenvalue weighted by atomic mass is 9.93. The minimum Gasteiger partial charge on any atom is -0.394 e. The summed E-state index contributed by atoms with van der Waals surface area (Å²) in [7, 11) is 0. The molecule has 1 aliphatic heterocycles. The fourth-order valence-corrected chi connectivity index (χ4v) is 3.25. The zero-order chi connectivity index (χ0) is 14.0. The molecule has 0 aromatic rings. The molecular weight excluding hydrogens is 240 g/mol. The first-order chi connectivity index (χ1) is 8.92. The van der Waals surface area contributed by atoms with Gasteiger partial charge in [-0.2, -0.15) is 0 Å². The largest absolute Gasteiger partial charge is 0.394 e. The molecule has 2 fully saturated rings. The lowest BCUT2D eigenvalue weighted by Gasteiger charge is -2.42. The van der Waals surface area contributed by atoms with E-state index in [1.54, 1.807) is 0 Å². The van der Waals surface area contributed by atoms with Gasteiger partial charge in [-0.15, -0.1) is 0 Å². The van der Waals surface area contributed by atoms with E-state index in [0.717, 1.165) is 19.5 Å². The minimum absolute atomic E-state index is 0.147. The van der Waals surface area contributed by atoms with Gasteiger partial charge in [0.25, 0.3) is 0 Å². The number of nitrogens with one attached hydrogen (secondary N) is 1. The van der Waals surface area contributed by atoms with Crippen molar-refractivity contribution in [2.45, 2.75) is 76.8 Å². The Morgan fingerprint density at radius 2 is 1.89 bits per heavy atom. The molecule has 19 heavy (non-hydrogen) atoms. The molecule has 0 spiro atoms. The molecule has 1 saturated carbocycles. The number of aliphatic hydroxyl groups is 1. The van der Waals surface area contributed by atoms with Gasteiger partial charge in [-0.3, -0.25) is 4.90 Å². The number of hydrogen-bond acceptors (Lipinski definition) is 4. The van der Waals surface area contributed by atoms with Crippen molar-refractivity contribution in [2.24, 2.45) is 0 Å². The van der Waals surface area contributed by atoms with Crippen LogP contribution in [-0.2, 0) is 4.74 Å². The Morgan fingerprint density at radius 3 is 2.37 bits per heavy atom. The van der Waals surface area contributed by atoms with Gasteiger partial charge in [-0.1, -0.05) is 0 Å². The third-order valence-electron chi connectivity index (χ3n) is 4.30. The van der Waals surface area contributed by atoms with Crippen LogP contribution >= 0.6 is 0 Å². The molecule has 1 heterocycles. The van der Waals surface area contributed by atoms with Crippen LogP contribution in [0.1, 0.15) is 47.0 Å². The lowest BCUT2D eigenvalue weighted by molar-refractivity contribution is -0.0821. The normalized spacial score (nSPS) is 33.9. The molecule has 2 rings (SSSR count). The van der Waals surface area contributed by atoms with Crippen molar-refractivity contribution in [3.8, 4) is 0 Å². The van der Waals surface area contributed by atoms with E-state index in [-0.39, 0.29) is 12.1 Å². The molecule has 4 atom stereocenters. The molecule has 2 unspecified atom stereocenters. The van der Waals surface area contributed by atoms with Crippen LogP contribution in [0.2, 0.25) is 0 Å². The Balaban J connectivity index is 1.88. The van der Waals surface area contributed by atoms with Crippen molar-refractivity contribution >= 4 is 0 Å². The highest BCUT2D eigenvalue weighted by Gasteiger charge is 2.35. The van der Waals surface area contributed by atoms with E-state index in [9.17, 15) is 5.11 Å². The van der Waals surface area contributed by atoms with Gasteiger partial charge < -0.3 is 15.2 Å². The Morgan fingerprint density at radius 1 is 1.32 bits per heavy atom. The van der Waals surface area contributed by atoms with E-state index < -0.39 is 0 Å². The summed E-state index contributed by atoms with van der Waals surface area (Å²) in [6.45, 7) is 10.9. The molecule has 112 valence electrons. The maximum Gasteiger partial charge on any atom is 0.0678 e. The van der Waals surface area contributed by atoms with E-state index in [0.29, 0.717) is 24.3 Å². The lowest BCUT2D eigenvalue weighted by Crippen LogP contribution is -2.55. The Bertz CT molecular complexity index is 286. The second-order valence-corrected chi connectivity index (χ2v) is 6.90. The third-order valence-corrected chi connectivity index (χ3v) is 4.30. The summed E-state index contributed by atoms with van der Waals surface area (Å²) in [5.41, 5.74) is -0.147.